The second-order valence-corrected chi connectivity index (χ2v) is 5.66. The summed E-state index contributed by atoms with van der Waals surface area (Å²) in [5.41, 5.74) is 1.17. The zero-order valence-corrected chi connectivity index (χ0v) is 14.8. The van der Waals surface area contributed by atoms with Gasteiger partial charge in [0.25, 0.3) is 11.8 Å². The highest BCUT2D eigenvalue weighted by atomic mass is 16.5. The highest BCUT2D eigenvalue weighted by molar-refractivity contribution is 6.05. The van der Waals surface area contributed by atoms with Gasteiger partial charge >= 0.3 is 0 Å². The maximum absolute atomic E-state index is 12.4. The predicted molar refractivity (Wildman–Crippen MR) is 97.1 cm³/mol. The van der Waals surface area contributed by atoms with Crippen LogP contribution < -0.4 is 10.1 Å². The molecule has 132 valence electrons. The molecule has 0 aliphatic carbocycles. The van der Waals surface area contributed by atoms with Crippen molar-refractivity contribution in [2.24, 2.45) is 0 Å². The lowest BCUT2D eigenvalue weighted by molar-refractivity contribution is 0.0793. The van der Waals surface area contributed by atoms with Gasteiger partial charge in [0.1, 0.15) is 11.4 Å². The van der Waals surface area contributed by atoms with Crippen molar-refractivity contribution < 1.29 is 14.3 Å². The Balaban J connectivity index is 2.15. The van der Waals surface area contributed by atoms with Crippen LogP contribution in [0.5, 0.6) is 5.75 Å². The first kappa shape index (κ1) is 18.4. The average Bonchev–Trinajstić information content (AvgIpc) is 2.65. The Bertz CT molecular complexity index is 746. The van der Waals surface area contributed by atoms with E-state index in [0.717, 1.165) is 12.8 Å². The standard InChI is InChI=1S/C19H23N3O3/c1-4-5-12-22(2)19(24)14-10-11-20-16(13-14)18(23)21-15-8-6-7-9-17(15)25-3/h6-11,13H,4-5,12H2,1-3H3,(H,21,23). The van der Waals surface area contributed by atoms with Gasteiger partial charge in [0, 0.05) is 25.4 Å². The Morgan fingerprint density at radius 3 is 2.72 bits per heavy atom. The maximum atomic E-state index is 12.4. The van der Waals surface area contributed by atoms with Gasteiger partial charge in [-0.05, 0) is 30.7 Å². The van der Waals surface area contributed by atoms with Crippen LogP contribution in [0.3, 0.4) is 0 Å². The number of nitrogens with zero attached hydrogens (tertiary/aromatic N) is 2. The third kappa shape index (κ3) is 4.79. The van der Waals surface area contributed by atoms with Crippen LogP contribution in [0.1, 0.15) is 40.6 Å². The van der Waals surface area contributed by atoms with Gasteiger partial charge in [-0.1, -0.05) is 25.5 Å². The van der Waals surface area contributed by atoms with E-state index in [1.165, 1.54) is 19.4 Å². The topological polar surface area (TPSA) is 71.5 Å². The third-order valence-electron chi connectivity index (χ3n) is 3.79. The predicted octanol–water partition coefficient (Wildman–Crippen LogP) is 3.21. The quantitative estimate of drug-likeness (QED) is 0.839. The molecule has 2 rings (SSSR count). The van der Waals surface area contributed by atoms with Gasteiger partial charge in [-0.2, -0.15) is 0 Å². The molecular formula is C19H23N3O3. The Labute approximate surface area is 147 Å². The number of carbonyl (C=O) groups is 2. The van der Waals surface area contributed by atoms with Gasteiger partial charge in [0.05, 0.1) is 12.8 Å². The molecule has 0 atom stereocenters. The summed E-state index contributed by atoms with van der Waals surface area (Å²) in [4.78, 5) is 30.6. The molecule has 0 saturated heterocycles. The minimum atomic E-state index is -0.393. The number of ether oxygens (including phenoxy) is 1. The maximum Gasteiger partial charge on any atom is 0.274 e. The van der Waals surface area contributed by atoms with Crippen molar-refractivity contribution in [2.45, 2.75) is 19.8 Å². The number of rotatable bonds is 7. The van der Waals surface area contributed by atoms with Crippen molar-refractivity contribution in [1.29, 1.82) is 0 Å². The number of methoxy groups -OCH3 is 1. The minimum absolute atomic E-state index is 0.123. The SMILES string of the molecule is CCCCN(C)C(=O)c1ccnc(C(=O)Nc2ccccc2OC)c1. The Hall–Kier alpha value is -2.89. The van der Waals surface area contributed by atoms with Crippen molar-refractivity contribution in [3.05, 3.63) is 53.9 Å². The number of unbranched alkanes of at least 4 members (excludes halogenated alkanes) is 1. The number of benzene rings is 1. The third-order valence-corrected chi connectivity index (χ3v) is 3.79. The van der Waals surface area contributed by atoms with E-state index in [4.69, 9.17) is 4.74 Å². The molecule has 1 N–H and O–H groups in total. The second-order valence-electron chi connectivity index (χ2n) is 5.66. The summed E-state index contributed by atoms with van der Waals surface area (Å²) in [5.74, 6) is 0.0416. The molecule has 0 fully saturated rings. The number of amides is 2. The van der Waals surface area contributed by atoms with E-state index in [9.17, 15) is 9.59 Å². The highest BCUT2D eigenvalue weighted by Gasteiger charge is 2.16. The Morgan fingerprint density at radius 2 is 2.00 bits per heavy atom. The van der Waals surface area contributed by atoms with Gasteiger partial charge in [-0.3, -0.25) is 14.6 Å². The molecular weight excluding hydrogens is 318 g/mol. The number of para-hydroxylation sites is 2. The fourth-order valence-electron chi connectivity index (χ4n) is 2.34. The number of aromatic nitrogens is 1. The zero-order valence-electron chi connectivity index (χ0n) is 14.8. The van der Waals surface area contributed by atoms with E-state index in [0.29, 0.717) is 23.5 Å². The summed E-state index contributed by atoms with van der Waals surface area (Å²) in [7, 11) is 3.29. The first-order valence-corrected chi connectivity index (χ1v) is 8.22. The molecule has 2 aromatic rings. The molecule has 0 bridgehead atoms. The van der Waals surface area contributed by atoms with Gasteiger partial charge in [0.15, 0.2) is 0 Å². The van der Waals surface area contributed by atoms with Crippen molar-refractivity contribution >= 4 is 17.5 Å². The van der Waals surface area contributed by atoms with Crippen LogP contribution in [-0.2, 0) is 0 Å². The summed E-state index contributed by atoms with van der Waals surface area (Å²) in [6, 6.07) is 10.2. The zero-order chi connectivity index (χ0) is 18.2. The van der Waals surface area contributed by atoms with Crippen LogP contribution in [0, 0.1) is 0 Å². The number of nitrogens with one attached hydrogen (secondary N) is 1. The van der Waals surface area contributed by atoms with Crippen molar-refractivity contribution in [1.82, 2.24) is 9.88 Å². The Kier molecular flexibility index (Phi) is 6.51. The molecule has 25 heavy (non-hydrogen) atoms. The molecule has 0 aliphatic rings. The lowest BCUT2D eigenvalue weighted by atomic mass is 10.2. The number of pyridine rings is 1. The molecule has 2 amide bonds. The lowest BCUT2D eigenvalue weighted by Gasteiger charge is -2.17. The molecule has 0 radical (unpaired) electrons. The van der Waals surface area contributed by atoms with Crippen LogP contribution in [0.25, 0.3) is 0 Å². The number of carbonyl (C=O) groups excluding carboxylic acids is 2. The first-order valence-electron chi connectivity index (χ1n) is 8.22. The molecule has 1 heterocycles. The molecule has 6 heteroatoms. The second kappa shape index (κ2) is 8.82. The van der Waals surface area contributed by atoms with Crippen molar-refractivity contribution in [3.63, 3.8) is 0 Å². The van der Waals surface area contributed by atoms with Gasteiger partial charge < -0.3 is 15.0 Å². The highest BCUT2D eigenvalue weighted by Crippen LogP contribution is 2.23. The summed E-state index contributed by atoms with van der Waals surface area (Å²) < 4.78 is 5.22. The smallest absolute Gasteiger partial charge is 0.274 e. The monoisotopic (exact) mass is 341 g/mol. The fraction of sp³-hybridized carbons (Fsp3) is 0.316. The van der Waals surface area contributed by atoms with Crippen LogP contribution in [0.2, 0.25) is 0 Å². The number of hydrogen-bond acceptors (Lipinski definition) is 4. The van der Waals surface area contributed by atoms with Gasteiger partial charge in [-0.15, -0.1) is 0 Å². The largest absolute Gasteiger partial charge is 0.495 e. The van der Waals surface area contributed by atoms with Crippen LogP contribution in [0.15, 0.2) is 42.6 Å². The van der Waals surface area contributed by atoms with Crippen LogP contribution in [-0.4, -0.2) is 42.4 Å². The van der Waals surface area contributed by atoms with Crippen molar-refractivity contribution in [3.8, 4) is 5.75 Å². The summed E-state index contributed by atoms with van der Waals surface area (Å²) in [6.45, 7) is 2.76. The first-order chi connectivity index (χ1) is 12.1. The summed E-state index contributed by atoms with van der Waals surface area (Å²) >= 11 is 0. The summed E-state index contributed by atoms with van der Waals surface area (Å²) in [6.07, 6.45) is 3.42. The van der Waals surface area contributed by atoms with E-state index in [1.807, 2.05) is 6.07 Å². The van der Waals surface area contributed by atoms with Gasteiger partial charge in [-0.25, -0.2) is 0 Å². The fourth-order valence-corrected chi connectivity index (χ4v) is 2.34. The van der Waals surface area contributed by atoms with Crippen LogP contribution >= 0.6 is 0 Å². The normalized spacial score (nSPS) is 10.2. The number of hydrogen-bond donors (Lipinski definition) is 1. The average molecular weight is 341 g/mol. The van der Waals surface area contributed by atoms with E-state index in [2.05, 4.69) is 17.2 Å². The molecule has 0 aliphatic heterocycles. The molecule has 1 aromatic carbocycles. The Morgan fingerprint density at radius 1 is 1.24 bits per heavy atom. The molecule has 0 saturated carbocycles. The summed E-state index contributed by atoms with van der Waals surface area (Å²) in [5, 5.41) is 2.76. The van der Waals surface area contributed by atoms with Gasteiger partial charge in [0.2, 0.25) is 0 Å². The van der Waals surface area contributed by atoms with E-state index in [-0.39, 0.29) is 11.6 Å². The molecule has 0 unspecified atom stereocenters. The molecule has 0 spiro atoms. The van der Waals surface area contributed by atoms with E-state index >= 15 is 0 Å². The van der Waals surface area contributed by atoms with Crippen LogP contribution in [0.4, 0.5) is 5.69 Å². The molecule has 1 aromatic heterocycles. The lowest BCUT2D eigenvalue weighted by Crippen LogP contribution is -2.28. The molecule has 6 nitrogen and oxygen atoms in total. The van der Waals surface area contributed by atoms with E-state index < -0.39 is 5.91 Å². The van der Waals surface area contributed by atoms with E-state index in [1.54, 1.807) is 36.2 Å². The minimum Gasteiger partial charge on any atom is -0.495 e. The number of anilines is 1. The van der Waals surface area contributed by atoms with Crippen molar-refractivity contribution in [2.75, 3.05) is 26.0 Å².